The summed E-state index contributed by atoms with van der Waals surface area (Å²) in [5, 5.41) is 4.94. The van der Waals surface area contributed by atoms with Crippen molar-refractivity contribution in [2.24, 2.45) is 0 Å². The lowest BCUT2D eigenvalue weighted by Gasteiger charge is -2.39. The van der Waals surface area contributed by atoms with Gasteiger partial charge in [-0.2, -0.15) is 0 Å². The predicted octanol–water partition coefficient (Wildman–Crippen LogP) is 5.23. The maximum atomic E-state index is 12.9. The Morgan fingerprint density at radius 2 is 1.10 bits per heavy atom. The van der Waals surface area contributed by atoms with Crippen LogP contribution in [0.3, 0.4) is 0 Å². The number of amides is 1. The highest BCUT2D eigenvalue weighted by atomic mass is 16.2. The van der Waals surface area contributed by atoms with Gasteiger partial charge in [0.05, 0.1) is 0 Å². The van der Waals surface area contributed by atoms with Gasteiger partial charge in [-0.1, -0.05) is 72.8 Å². The number of likely N-dealkylation sites (tertiary alicyclic amines) is 1. The van der Waals surface area contributed by atoms with E-state index in [0.29, 0.717) is 6.42 Å². The second-order valence-corrected chi connectivity index (χ2v) is 8.42. The Labute approximate surface area is 182 Å². The Morgan fingerprint density at radius 3 is 1.61 bits per heavy atom. The largest absolute Gasteiger partial charge is 0.332 e. The standard InChI is InChI=1S/C27H25N3O/c31-26-16-7-17-30(26)27-28(24-14-5-10-20-8-1-3-12-22(20)24)18-19-29(27)25-15-6-11-21-9-2-4-13-23(21)25/h1-6,8-15,27H,7,16-19H2. The van der Waals surface area contributed by atoms with Crippen LogP contribution < -0.4 is 9.80 Å². The highest BCUT2D eigenvalue weighted by Crippen LogP contribution is 2.38. The number of hydrogen-bond acceptors (Lipinski definition) is 3. The zero-order chi connectivity index (χ0) is 20.8. The normalized spacial score (nSPS) is 17.4. The van der Waals surface area contributed by atoms with Gasteiger partial charge in [0.15, 0.2) is 6.29 Å². The molecule has 4 aromatic carbocycles. The molecule has 0 radical (unpaired) electrons. The lowest BCUT2D eigenvalue weighted by atomic mass is 10.1. The number of rotatable bonds is 3. The van der Waals surface area contributed by atoms with E-state index in [4.69, 9.17) is 0 Å². The summed E-state index contributed by atoms with van der Waals surface area (Å²) >= 11 is 0. The van der Waals surface area contributed by atoms with Gasteiger partial charge in [0.2, 0.25) is 5.91 Å². The van der Waals surface area contributed by atoms with E-state index in [1.165, 1.54) is 32.9 Å². The van der Waals surface area contributed by atoms with E-state index in [0.717, 1.165) is 26.1 Å². The van der Waals surface area contributed by atoms with Crippen LogP contribution in [-0.2, 0) is 4.79 Å². The Balaban J connectivity index is 1.51. The average molecular weight is 408 g/mol. The average Bonchev–Trinajstić information content (AvgIpc) is 3.44. The zero-order valence-corrected chi connectivity index (χ0v) is 17.4. The van der Waals surface area contributed by atoms with E-state index in [2.05, 4.69) is 99.6 Å². The smallest absolute Gasteiger partial charge is 0.225 e. The quantitative estimate of drug-likeness (QED) is 0.466. The van der Waals surface area contributed by atoms with Gasteiger partial charge in [-0.25, -0.2) is 0 Å². The summed E-state index contributed by atoms with van der Waals surface area (Å²) in [5.41, 5.74) is 2.40. The summed E-state index contributed by atoms with van der Waals surface area (Å²) < 4.78 is 0. The topological polar surface area (TPSA) is 26.8 Å². The molecule has 4 heteroatoms. The van der Waals surface area contributed by atoms with Crippen molar-refractivity contribution >= 4 is 38.8 Å². The van der Waals surface area contributed by atoms with Gasteiger partial charge in [-0.05, 0) is 29.3 Å². The molecule has 0 N–H and O–H groups in total. The van der Waals surface area contributed by atoms with Crippen molar-refractivity contribution < 1.29 is 4.79 Å². The minimum Gasteiger partial charge on any atom is -0.332 e. The molecule has 2 aliphatic rings. The van der Waals surface area contributed by atoms with Gasteiger partial charge in [0.25, 0.3) is 0 Å². The molecule has 31 heavy (non-hydrogen) atoms. The molecule has 154 valence electrons. The number of fused-ring (bicyclic) bond motifs is 2. The van der Waals surface area contributed by atoms with Crippen LogP contribution in [0.15, 0.2) is 84.9 Å². The molecule has 1 amide bonds. The molecule has 4 aromatic rings. The fraction of sp³-hybridized carbons (Fsp3) is 0.222. The van der Waals surface area contributed by atoms with Gasteiger partial charge in [-0.3, -0.25) is 4.79 Å². The molecular weight excluding hydrogens is 382 g/mol. The van der Waals surface area contributed by atoms with Gasteiger partial charge in [0.1, 0.15) is 0 Å². The minimum atomic E-state index is -0.105. The zero-order valence-electron chi connectivity index (χ0n) is 17.4. The summed E-state index contributed by atoms with van der Waals surface area (Å²) in [5.74, 6) is 0.252. The first-order chi connectivity index (χ1) is 15.3. The summed E-state index contributed by atoms with van der Waals surface area (Å²) in [6.45, 7) is 2.57. The van der Waals surface area contributed by atoms with E-state index in [9.17, 15) is 4.79 Å². The van der Waals surface area contributed by atoms with E-state index < -0.39 is 0 Å². The molecule has 2 aliphatic heterocycles. The van der Waals surface area contributed by atoms with Crippen molar-refractivity contribution in [2.75, 3.05) is 29.4 Å². The summed E-state index contributed by atoms with van der Waals surface area (Å²) in [6, 6.07) is 30.0. The number of nitrogens with zero attached hydrogens (tertiary/aromatic N) is 3. The monoisotopic (exact) mass is 407 g/mol. The Hall–Kier alpha value is -3.53. The molecule has 2 fully saturated rings. The van der Waals surface area contributed by atoms with Crippen LogP contribution in [0, 0.1) is 0 Å². The molecule has 6 rings (SSSR count). The molecular formula is C27H25N3O. The third-order valence-electron chi connectivity index (χ3n) is 6.68. The van der Waals surface area contributed by atoms with Crippen LogP contribution >= 0.6 is 0 Å². The second-order valence-electron chi connectivity index (χ2n) is 8.42. The molecule has 2 saturated heterocycles. The van der Waals surface area contributed by atoms with Crippen LogP contribution in [-0.4, -0.2) is 36.7 Å². The number of anilines is 2. The van der Waals surface area contributed by atoms with Crippen molar-refractivity contribution in [1.29, 1.82) is 0 Å². The van der Waals surface area contributed by atoms with Crippen molar-refractivity contribution in [2.45, 2.75) is 19.1 Å². The van der Waals surface area contributed by atoms with E-state index in [1.54, 1.807) is 0 Å². The molecule has 0 aliphatic carbocycles. The Bertz CT molecular complexity index is 1190. The molecule has 4 nitrogen and oxygen atoms in total. The van der Waals surface area contributed by atoms with Crippen molar-refractivity contribution in [3.05, 3.63) is 84.9 Å². The van der Waals surface area contributed by atoms with Gasteiger partial charge < -0.3 is 14.7 Å². The van der Waals surface area contributed by atoms with E-state index in [-0.39, 0.29) is 12.2 Å². The van der Waals surface area contributed by atoms with Crippen LogP contribution in [0.2, 0.25) is 0 Å². The lowest BCUT2D eigenvalue weighted by Crippen LogP contribution is -2.53. The first-order valence-electron chi connectivity index (χ1n) is 11.1. The number of carbonyl (C=O) groups excluding carboxylic acids is 1. The highest BCUT2D eigenvalue weighted by molar-refractivity contribution is 5.97. The highest BCUT2D eigenvalue weighted by Gasteiger charge is 2.41. The maximum Gasteiger partial charge on any atom is 0.225 e. The summed E-state index contributed by atoms with van der Waals surface area (Å²) in [4.78, 5) is 19.8. The van der Waals surface area contributed by atoms with Gasteiger partial charge in [-0.15, -0.1) is 0 Å². The van der Waals surface area contributed by atoms with Gasteiger partial charge >= 0.3 is 0 Å². The minimum absolute atomic E-state index is 0.105. The van der Waals surface area contributed by atoms with E-state index in [1.807, 2.05) is 0 Å². The molecule has 0 unspecified atom stereocenters. The van der Waals surface area contributed by atoms with Gasteiger partial charge in [0, 0.05) is 48.2 Å². The first kappa shape index (κ1) is 18.3. The van der Waals surface area contributed by atoms with Crippen molar-refractivity contribution in [1.82, 2.24) is 4.90 Å². The Kier molecular flexibility index (Phi) is 4.30. The van der Waals surface area contributed by atoms with Crippen LogP contribution in [0.25, 0.3) is 21.5 Å². The van der Waals surface area contributed by atoms with E-state index >= 15 is 0 Å². The van der Waals surface area contributed by atoms with Crippen LogP contribution in [0.1, 0.15) is 12.8 Å². The fourth-order valence-electron chi connectivity index (χ4n) is 5.27. The van der Waals surface area contributed by atoms with Crippen LogP contribution in [0.5, 0.6) is 0 Å². The number of hydrogen-bond donors (Lipinski definition) is 0. The van der Waals surface area contributed by atoms with Crippen molar-refractivity contribution in [3.8, 4) is 0 Å². The molecule has 0 atom stereocenters. The molecule has 2 heterocycles. The third-order valence-corrected chi connectivity index (χ3v) is 6.68. The number of benzene rings is 4. The SMILES string of the molecule is O=C1CCCN1C1N(c2cccc3ccccc23)CCN1c1cccc2ccccc12. The molecule has 0 bridgehead atoms. The summed E-state index contributed by atoms with van der Waals surface area (Å²) in [7, 11) is 0. The predicted molar refractivity (Wildman–Crippen MR) is 127 cm³/mol. The first-order valence-corrected chi connectivity index (χ1v) is 11.1. The maximum absolute atomic E-state index is 12.9. The molecule has 0 aromatic heterocycles. The Morgan fingerprint density at radius 1 is 0.581 bits per heavy atom. The molecule has 0 spiro atoms. The third kappa shape index (κ3) is 2.94. The molecule has 0 saturated carbocycles. The fourth-order valence-corrected chi connectivity index (χ4v) is 5.27. The van der Waals surface area contributed by atoms with Crippen molar-refractivity contribution in [3.63, 3.8) is 0 Å². The lowest BCUT2D eigenvalue weighted by molar-refractivity contribution is -0.129. The van der Waals surface area contributed by atoms with Crippen LogP contribution in [0.4, 0.5) is 11.4 Å². The summed E-state index contributed by atoms with van der Waals surface area (Å²) in [6.07, 6.45) is 1.47. The number of carbonyl (C=O) groups is 1. The second kappa shape index (κ2) is 7.31.